The fourth-order valence-corrected chi connectivity index (χ4v) is 3.12. The van der Waals surface area contributed by atoms with Crippen LogP contribution in [0.25, 0.3) is 0 Å². The van der Waals surface area contributed by atoms with Gasteiger partial charge in [-0.05, 0) is 24.7 Å². The summed E-state index contributed by atoms with van der Waals surface area (Å²) >= 11 is 0. The van der Waals surface area contributed by atoms with Gasteiger partial charge in [0.1, 0.15) is 5.78 Å². The van der Waals surface area contributed by atoms with Crippen LogP contribution in [0, 0.1) is 17.8 Å². The molecule has 0 aromatic carbocycles. The first-order valence-corrected chi connectivity index (χ1v) is 7.70. The van der Waals surface area contributed by atoms with E-state index in [4.69, 9.17) is 0 Å². The Morgan fingerprint density at radius 1 is 1.29 bits per heavy atom. The lowest BCUT2D eigenvalue weighted by Gasteiger charge is -2.27. The van der Waals surface area contributed by atoms with Crippen molar-refractivity contribution in [3.8, 4) is 0 Å². The molecule has 1 heteroatoms. The van der Waals surface area contributed by atoms with Crippen molar-refractivity contribution in [3.05, 3.63) is 0 Å². The van der Waals surface area contributed by atoms with E-state index in [0.717, 1.165) is 25.2 Å². The van der Waals surface area contributed by atoms with Gasteiger partial charge in [-0.3, -0.25) is 4.79 Å². The van der Waals surface area contributed by atoms with Gasteiger partial charge in [-0.25, -0.2) is 0 Å². The standard InChI is InChI=1S/C16H30O/c1-4-6-9-14(5-2)12-16(17)15-10-7-8-13(3)11-15/h13-15H,4-12H2,1-3H3. The van der Waals surface area contributed by atoms with Crippen molar-refractivity contribution >= 4 is 5.78 Å². The Morgan fingerprint density at radius 3 is 2.65 bits per heavy atom. The molecule has 0 amide bonds. The molecule has 3 atom stereocenters. The predicted molar refractivity (Wildman–Crippen MR) is 74.1 cm³/mol. The second-order valence-electron chi connectivity index (χ2n) is 6.06. The third-order valence-corrected chi connectivity index (χ3v) is 4.42. The van der Waals surface area contributed by atoms with Crippen molar-refractivity contribution in [2.45, 2.75) is 78.6 Å². The van der Waals surface area contributed by atoms with Gasteiger partial charge < -0.3 is 0 Å². The molecule has 0 aliphatic heterocycles. The van der Waals surface area contributed by atoms with Crippen LogP contribution >= 0.6 is 0 Å². The molecule has 17 heavy (non-hydrogen) atoms. The first-order chi connectivity index (χ1) is 8.17. The van der Waals surface area contributed by atoms with E-state index in [1.807, 2.05) is 0 Å². The molecule has 0 bridgehead atoms. The molecular formula is C16H30O. The number of hydrogen-bond acceptors (Lipinski definition) is 1. The van der Waals surface area contributed by atoms with Gasteiger partial charge in [0.25, 0.3) is 0 Å². The largest absolute Gasteiger partial charge is 0.299 e. The number of ketones is 1. The molecule has 0 heterocycles. The zero-order chi connectivity index (χ0) is 12.7. The molecule has 0 aromatic rings. The Labute approximate surface area is 107 Å². The van der Waals surface area contributed by atoms with Crippen molar-refractivity contribution in [2.24, 2.45) is 17.8 Å². The summed E-state index contributed by atoms with van der Waals surface area (Å²) in [6.07, 6.45) is 10.7. The quantitative estimate of drug-likeness (QED) is 0.611. The van der Waals surface area contributed by atoms with E-state index in [1.54, 1.807) is 0 Å². The fourth-order valence-electron chi connectivity index (χ4n) is 3.12. The maximum atomic E-state index is 12.3. The average Bonchev–Trinajstić information content (AvgIpc) is 2.34. The van der Waals surface area contributed by atoms with Gasteiger partial charge in [0.15, 0.2) is 0 Å². The summed E-state index contributed by atoms with van der Waals surface area (Å²) in [7, 11) is 0. The summed E-state index contributed by atoms with van der Waals surface area (Å²) in [5.74, 6) is 2.39. The van der Waals surface area contributed by atoms with Gasteiger partial charge in [-0.1, -0.05) is 59.3 Å². The van der Waals surface area contributed by atoms with Gasteiger partial charge in [-0.2, -0.15) is 0 Å². The zero-order valence-corrected chi connectivity index (χ0v) is 12.0. The van der Waals surface area contributed by atoms with Gasteiger partial charge in [-0.15, -0.1) is 0 Å². The van der Waals surface area contributed by atoms with Crippen molar-refractivity contribution in [3.63, 3.8) is 0 Å². The minimum absolute atomic E-state index is 0.398. The average molecular weight is 238 g/mol. The molecule has 0 N–H and O–H groups in total. The summed E-state index contributed by atoms with van der Waals surface area (Å²) in [5.41, 5.74) is 0. The molecular weight excluding hydrogens is 208 g/mol. The lowest BCUT2D eigenvalue weighted by atomic mass is 9.78. The summed E-state index contributed by atoms with van der Waals surface area (Å²) in [6, 6.07) is 0. The zero-order valence-electron chi connectivity index (χ0n) is 12.0. The maximum Gasteiger partial charge on any atom is 0.136 e. The molecule has 100 valence electrons. The van der Waals surface area contributed by atoms with Crippen LogP contribution in [-0.2, 0) is 4.79 Å². The second kappa shape index (κ2) is 7.89. The molecule has 1 fully saturated rings. The van der Waals surface area contributed by atoms with Crippen LogP contribution in [-0.4, -0.2) is 5.78 Å². The highest BCUT2D eigenvalue weighted by atomic mass is 16.1. The van der Waals surface area contributed by atoms with Crippen molar-refractivity contribution < 1.29 is 4.79 Å². The lowest BCUT2D eigenvalue weighted by Crippen LogP contribution is -2.23. The van der Waals surface area contributed by atoms with Crippen LogP contribution in [0.15, 0.2) is 0 Å². The summed E-state index contributed by atoms with van der Waals surface area (Å²) in [6.45, 7) is 6.77. The summed E-state index contributed by atoms with van der Waals surface area (Å²) in [5, 5.41) is 0. The molecule has 0 spiro atoms. The highest BCUT2D eigenvalue weighted by Gasteiger charge is 2.26. The molecule has 3 unspecified atom stereocenters. The number of carbonyl (C=O) groups excluding carboxylic acids is 1. The van der Waals surface area contributed by atoms with E-state index in [0.29, 0.717) is 17.6 Å². The Hall–Kier alpha value is -0.330. The molecule has 0 aromatic heterocycles. The van der Waals surface area contributed by atoms with Crippen LogP contribution < -0.4 is 0 Å². The van der Waals surface area contributed by atoms with Crippen molar-refractivity contribution in [1.82, 2.24) is 0 Å². The topological polar surface area (TPSA) is 17.1 Å². The second-order valence-corrected chi connectivity index (χ2v) is 6.06. The molecule has 1 saturated carbocycles. The first-order valence-electron chi connectivity index (χ1n) is 7.70. The molecule has 1 rings (SSSR count). The number of hydrogen-bond donors (Lipinski definition) is 0. The number of Topliss-reactive ketones (excluding diaryl/α,β-unsaturated/α-hetero) is 1. The Morgan fingerprint density at radius 2 is 2.06 bits per heavy atom. The number of unbranched alkanes of at least 4 members (excludes halogenated alkanes) is 1. The third kappa shape index (κ3) is 5.23. The highest BCUT2D eigenvalue weighted by molar-refractivity contribution is 5.81. The first kappa shape index (κ1) is 14.7. The van der Waals surface area contributed by atoms with Crippen LogP contribution in [0.5, 0.6) is 0 Å². The molecule has 0 radical (unpaired) electrons. The minimum Gasteiger partial charge on any atom is -0.299 e. The van der Waals surface area contributed by atoms with E-state index in [9.17, 15) is 4.79 Å². The highest BCUT2D eigenvalue weighted by Crippen LogP contribution is 2.31. The van der Waals surface area contributed by atoms with Gasteiger partial charge in [0.05, 0.1) is 0 Å². The van der Waals surface area contributed by atoms with Gasteiger partial charge in [0, 0.05) is 12.3 Å². The van der Waals surface area contributed by atoms with Crippen molar-refractivity contribution in [2.75, 3.05) is 0 Å². The van der Waals surface area contributed by atoms with E-state index >= 15 is 0 Å². The Bertz CT molecular complexity index is 222. The van der Waals surface area contributed by atoms with Gasteiger partial charge >= 0.3 is 0 Å². The van der Waals surface area contributed by atoms with E-state index in [1.165, 1.54) is 38.5 Å². The fraction of sp³-hybridized carbons (Fsp3) is 0.938. The monoisotopic (exact) mass is 238 g/mol. The predicted octanol–water partition coefficient (Wildman–Crippen LogP) is 4.99. The van der Waals surface area contributed by atoms with Crippen LogP contribution in [0.3, 0.4) is 0 Å². The van der Waals surface area contributed by atoms with Crippen LogP contribution in [0.4, 0.5) is 0 Å². The molecule has 1 aliphatic rings. The third-order valence-electron chi connectivity index (χ3n) is 4.42. The van der Waals surface area contributed by atoms with E-state index < -0.39 is 0 Å². The minimum atomic E-state index is 0.398. The lowest BCUT2D eigenvalue weighted by molar-refractivity contribution is -0.125. The molecule has 1 aliphatic carbocycles. The summed E-state index contributed by atoms with van der Waals surface area (Å²) in [4.78, 5) is 12.3. The summed E-state index contributed by atoms with van der Waals surface area (Å²) < 4.78 is 0. The normalized spacial score (nSPS) is 26.8. The van der Waals surface area contributed by atoms with Crippen LogP contribution in [0.1, 0.15) is 78.6 Å². The van der Waals surface area contributed by atoms with Gasteiger partial charge in [0.2, 0.25) is 0 Å². The van der Waals surface area contributed by atoms with E-state index in [2.05, 4.69) is 20.8 Å². The Kier molecular flexibility index (Phi) is 6.84. The SMILES string of the molecule is CCCCC(CC)CC(=O)C1CCCC(C)C1. The number of carbonyl (C=O) groups is 1. The van der Waals surface area contributed by atoms with E-state index in [-0.39, 0.29) is 0 Å². The maximum absolute atomic E-state index is 12.3. The van der Waals surface area contributed by atoms with Crippen molar-refractivity contribution in [1.29, 1.82) is 0 Å². The molecule has 0 saturated heterocycles. The number of rotatable bonds is 7. The molecule has 1 nitrogen and oxygen atoms in total. The van der Waals surface area contributed by atoms with Crippen LogP contribution in [0.2, 0.25) is 0 Å². The smallest absolute Gasteiger partial charge is 0.136 e. The Balaban J connectivity index is 2.35.